The van der Waals surface area contributed by atoms with Crippen LogP contribution < -0.4 is 0 Å². The molecule has 42 heavy (non-hydrogen) atoms. The zero-order valence-corrected chi connectivity index (χ0v) is 26.3. The monoisotopic (exact) mass is 575 g/mol. The summed E-state index contributed by atoms with van der Waals surface area (Å²) in [6.45, 7) is 16.9. The van der Waals surface area contributed by atoms with E-state index in [9.17, 15) is 15.0 Å². The number of para-hydroxylation sites is 1. The van der Waals surface area contributed by atoms with Crippen molar-refractivity contribution in [3.8, 4) is 0 Å². The Morgan fingerprint density at radius 2 is 1.81 bits per heavy atom. The van der Waals surface area contributed by atoms with Crippen LogP contribution in [0, 0.1) is 40.9 Å². The molecular weight excluding hydrogens is 530 g/mol. The Hall–Kier alpha value is -2.45. The number of benzene rings is 1. The fraction of sp³-hybridized carbons (Fsp3) is 0.629. The molecule has 226 valence electrons. The standard InChI is InChI=1S/C35H45NO6/c1-18-15-34-19(2)16-33(8)26(31(33,4)5)23(27(34)37)14-21-17-40-32(6,7)42-29(21)35(34,39)28(18)41-30(38)25-20(3)36(9)24-13-11-10-12-22(24)25/h10-15,19,23,26-29,37,39H,16-17H2,1-9H3/t19-,23+,26-,27?,28+,29-,33?,34+,35-/m1/s1. The van der Waals surface area contributed by atoms with E-state index >= 15 is 0 Å². The molecule has 1 spiro atoms. The summed E-state index contributed by atoms with van der Waals surface area (Å²) in [5.41, 5.74) is 0.973. The Labute approximate surface area is 248 Å². The molecule has 2 saturated carbocycles. The molecule has 0 radical (unpaired) electrons. The van der Waals surface area contributed by atoms with Gasteiger partial charge in [-0.3, -0.25) is 0 Å². The highest BCUT2D eigenvalue weighted by Crippen LogP contribution is 2.79. The highest BCUT2D eigenvalue weighted by atomic mass is 16.7. The Morgan fingerprint density at radius 1 is 1.12 bits per heavy atom. The number of nitrogens with zero attached hydrogens (tertiary/aromatic N) is 1. The lowest BCUT2D eigenvalue weighted by Crippen LogP contribution is -2.69. The van der Waals surface area contributed by atoms with Gasteiger partial charge in [-0.2, -0.15) is 0 Å². The Bertz CT molecular complexity index is 1580. The Morgan fingerprint density at radius 3 is 2.52 bits per heavy atom. The predicted octanol–water partition coefficient (Wildman–Crippen LogP) is 5.46. The van der Waals surface area contributed by atoms with Crippen LogP contribution in [-0.4, -0.2) is 57.1 Å². The molecule has 2 unspecified atom stereocenters. The van der Waals surface area contributed by atoms with Crippen molar-refractivity contribution >= 4 is 16.9 Å². The second kappa shape index (κ2) is 8.38. The van der Waals surface area contributed by atoms with Crippen molar-refractivity contribution in [3.63, 3.8) is 0 Å². The van der Waals surface area contributed by atoms with Crippen LogP contribution in [0.15, 0.2) is 47.6 Å². The van der Waals surface area contributed by atoms with Gasteiger partial charge in [0.2, 0.25) is 0 Å². The molecule has 7 nitrogen and oxygen atoms in total. The third kappa shape index (κ3) is 3.18. The fourth-order valence-electron chi connectivity index (χ4n) is 10.2. The van der Waals surface area contributed by atoms with E-state index in [0.29, 0.717) is 5.56 Å². The van der Waals surface area contributed by atoms with E-state index in [1.165, 1.54) is 0 Å². The summed E-state index contributed by atoms with van der Waals surface area (Å²) in [6, 6.07) is 7.78. The SMILES string of the molecule is CC1=C[C@]23C(O)[C@@H](C=C4COC(C)(C)O[C@H]4[C@]2(O)[C@H]1OC(=O)c1c(C)n(C)c2ccccc12)[C@@H]1C(C)(C)C1(C)C[C@H]3C. The number of carbonyl (C=O) groups is 1. The molecule has 0 amide bonds. The minimum Gasteiger partial charge on any atom is -0.451 e. The number of carbonyl (C=O) groups excluding carboxylic acids is 1. The third-order valence-corrected chi connectivity index (χ3v) is 12.6. The third-order valence-electron chi connectivity index (χ3n) is 12.6. The second-order valence-electron chi connectivity index (χ2n) is 15.1. The van der Waals surface area contributed by atoms with Gasteiger partial charge in [0.25, 0.3) is 0 Å². The molecular formula is C35H45NO6. The van der Waals surface area contributed by atoms with Gasteiger partial charge in [-0.15, -0.1) is 0 Å². The average Bonchev–Trinajstić information content (AvgIpc) is 3.13. The van der Waals surface area contributed by atoms with E-state index in [4.69, 9.17) is 14.2 Å². The molecule has 9 atom stereocenters. The molecule has 1 aliphatic heterocycles. The van der Waals surface area contributed by atoms with E-state index in [-0.39, 0.29) is 35.2 Å². The van der Waals surface area contributed by atoms with Crippen molar-refractivity contribution in [1.82, 2.24) is 4.57 Å². The molecule has 1 aromatic heterocycles. The number of hydrogen-bond acceptors (Lipinski definition) is 6. The maximum Gasteiger partial charge on any atom is 0.341 e. The van der Waals surface area contributed by atoms with Crippen molar-refractivity contribution in [3.05, 3.63) is 58.8 Å². The lowest BCUT2D eigenvalue weighted by molar-refractivity contribution is -0.312. The molecule has 7 heteroatoms. The van der Waals surface area contributed by atoms with Crippen molar-refractivity contribution in [1.29, 1.82) is 0 Å². The zero-order valence-electron chi connectivity index (χ0n) is 26.3. The zero-order chi connectivity index (χ0) is 30.4. The summed E-state index contributed by atoms with van der Waals surface area (Å²) >= 11 is 0. The minimum absolute atomic E-state index is 0.00139. The summed E-state index contributed by atoms with van der Waals surface area (Å²) < 4.78 is 21.2. The van der Waals surface area contributed by atoms with Crippen molar-refractivity contribution < 1.29 is 29.2 Å². The molecule has 2 aromatic rings. The van der Waals surface area contributed by atoms with Crippen LogP contribution in [-0.2, 0) is 21.3 Å². The fourth-order valence-corrected chi connectivity index (χ4v) is 10.2. The van der Waals surface area contributed by atoms with Crippen molar-refractivity contribution in [2.45, 2.75) is 91.5 Å². The lowest BCUT2D eigenvalue weighted by atomic mass is 9.57. The Kier molecular flexibility index (Phi) is 5.65. The molecule has 2 N–H and O–H groups in total. The maximum absolute atomic E-state index is 14.2. The number of aromatic nitrogens is 1. The number of esters is 1. The van der Waals surface area contributed by atoms with Crippen LogP contribution in [0.3, 0.4) is 0 Å². The van der Waals surface area contributed by atoms with Gasteiger partial charge < -0.3 is 29.0 Å². The second-order valence-corrected chi connectivity index (χ2v) is 15.1. The summed E-state index contributed by atoms with van der Waals surface area (Å²) in [6.07, 6.45) is 2.27. The maximum atomic E-state index is 14.2. The molecule has 5 aliphatic rings. The van der Waals surface area contributed by atoms with E-state index in [0.717, 1.165) is 34.2 Å². The molecule has 3 fully saturated rings. The molecule has 2 heterocycles. The van der Waals surface area contributed by atoms with Gasteiger partial charge in [0, 0.05) is 29.6 Å². The van der Waals surface area contributed by atoms with Gasteiger partial charge in [0.15, 0.2) is 11.9 Å². The predicted molar refractivity (Wildman–Crippen MR) is 160 cm³/mol. The molecule has 1 saturated heterocycles. The summed E-state index contributed by atoms with van der Waals surface area (Å²) in [5, 5.41) is 26.8. The lowest BCUT2D eigenvalue weighted by Gasteiger charge is -2.55. The van der Waals surface area contributed by atoms with E-state index in [1.54, 1.807) is 0 Å². The first-order valence-corrected chi connectivity index (χ1v) is 15.4. The van der Waals surface area contributed by atoms with Gasteiger partial charge >= 0.3 is 5.97 Å². The van der Waals surface area contributed by atoms with Crippen LogP contribution in [0.4, 0.5) is 0 Å². The van der Waals surface area contributed by atoms with E-state index < -0.39 is 41.1 Å². The number of ether oxygens (including phenoxy) is 3. The summed E-state index contributed by atoms with van der Waals surface area (Å²) in [7, 11) is 1.94. The molecule has 1 aromatic carbocycles. The van der Waals surface area contributed by atoms with Crippen LogP contribution >= 0.6 is 0 Å². The van der Waals surface area contributed by atoms with Gasteiger partial charge in [0.1, 0.15) is 11.7 Å². The van der Waals surface area contributed by atoms with E-state index in [1.807, 2.05) is 69.7 Å². The van der Waals surface area contributed by atoms with Crippen LogP contribution in [0.1, 0.15) is 70.9 Å². The highest BCUT2D eigenvalue weighted by molar-refractivity contribution is 6.06. The Balaban J connectivity index is 1.40. The first-order valence-electron chi connectivity index (χ1n) is 15.4. The largest absolute Gasteiger partial charge is 0.451 e. The number of fused-ring (bicyclic) bond motifs is 6. The van der Waals surface area contributed by atoms with E-state index in [2.05, 4.69) is 33.8 Å². The quantitative estimate of drug-likeness (QED) is 0.365. The average molecular weight is 576 g/mol. The number of aliphatic hydroxyl groups is 2. The number of hydrogen-bond donors (Lipinski definition) is 2. The smallest absolute Gasteiger partial charge is 0.341 e. The number of aliphatic hydroxyl groups excluding tert-OH is 1. The van der Waals surface area contributed by atoms with Crippen LogP contribution in [0.5, 0.6) is 0 Å². The first kappa shape index (κ1) is 28.3. The molecule has 2 bridgehead atoms. The van der Waals surface area contributed by atoms with Crippen LogP contribution in [0.25, 0.3) is 10.9 Å². The molecule has 4 aliphatic carbocycles. The highest BCUT2D eigenvalue weighted by Gasteiger charge is 2.80. The van der Waals surface area contributed by atoms with Crippen LogP contribution in [0.2, 0.25) is 0 Å². The summed E-state index contributed by atoms with van der Waals surface area (Å²) in [5.74, 6) is -1.53. The van der Waals surface area contributed by atoms with Gasteiger partial charge in [-0.25, -0.2) is 4.79 Å². The number of rotatable bonds is 2. The minimum atomic E-state index is -1.75. The van der Waals surface area contributed by atoms with Crippen molar-refractivity contribution in [2.75, 3.05) is 6.61 Å². The number of aryl methyl sites for hydroxylation is 1. The topological polar surface area (TPSA) is 90.2 Å². The first-order chi connectivity index (χ1) is 19.5. The molecule has 7 rings (SSSR count). The van der Waals surface area contributed by atoms with Gasteiger partial charge in [-0.1, -0.05) is 58.0 Å². The summed E-state index contributed by atoms with van der Waals surface area (Å²) in [4.78, 5) is 14.2. The normalized spacial score (nSPS) is 42.8. The van der Waals surface area contributed by atoms with Crippen molar-refractivity contribution in [2.24, 2.45) is 41.0 Å². The van der Waals surface area contributed by atoms with Gasteiger partial charge in [0.05, 0.1) is 23.7 Å². The van der Waals surface area contributed by atoms with Gasteiger partial charge in [-0.05, 0) is 74.0 Å².